The molecule has 0 radical (unpaired) electrons. The van der Waals surface area contributed by atoms with Crippen LogP contribution in [0.25, 0.3) is 33.3 Å². The molecule has 0 saturated carbocycles. The third kappa shape index (κ3) is 7.28. The Balaban J connectivity index is 1.32. The molecule has 1 unspecified atom stereocenters. The molecule has 3 aromatic carbocycles. The van der Waals surface area contributed by atoms with Crippen LogP contribution in [0.2, 0.25) is 0 Å². The van der Waals surface area contributed by atoms with Crippen molar-refractivity contribution in [1.29, 1.82) is 0 Å². The summed E-state index contributed by atoms with van der Waals surface area (Å²) in [6, 6.07) is 26.0. The van der Waals surface area contributed by atoms with Crippen molar-refractivity contribution in [1.82, 2.24) is 19.3 Å². The predicted octanol–water partition coefficient (Wildman–Crippen LogP) is 13.8. The van der Waals surface area contributed by atoms with Crippen molar-refractivity contribution in [2.24, 2.45) is 29.6 Å². The second-order valence-corrected chi connectivity index (χ2v) is 18.5. The van der Waals surface area contributed by atoms with Crippen LogP contribution in [0.4, 0.5) is 0 Å². The Bertz CT molecular complexity index is 2380. The quantitative estimate of drug-likeness (QED) is 0.139. The van der Waals surface area contributed by atoms with E-state index in [2.05, 4.69) is 178 Å². The van der Waals surface area contributed by atoms with Gasteiger partial charge in [0.2, 0.25) is 0 Å². The number of pyridine rings is 1. The van der Waals surface area contributed by atoms with Crippen molar-refractivity contribution in [2.75, 3.05) is 0 Å². The van der Waals surface area contributed by atoms with E-state index < -0.39 is 0 Å². The van der Waals surface area contributed by atoms with Crippen molar-refractivity contribution in [2.45, 2.75) is 114 Å². The second-order valence-electron chi connectivity index (χ2n) is 18.5. The lowest BCUT2D eigenvalue weighted by atomic mass is 9.63. The van der Waals surface area contributed by atoms with E-state index in [1.807, 2.05) is 6.20 Å². The monoisotopic (exact) mass is 734 g/mol. The minimum absolute atomic E-state index is 0.00682. The van der Waals surface area contributed by atoms with E-state index >= 15 is 0 Å². The first-order chi connectivity index (χ1) is 26.0. The minimum atomic E-state index is 0.00682. The molecule has 5 nitrogen and oxygen atoms in total. The van der Waals surface area contributed by atoms with Gasteiger partial charge in [-0.15, -0.1) is 0 Å². The van der Waals surface area contributed by atoms with Crippen molar-refractivity contribution >= 4 is 21.8 Å². The van der Waals surface area contributed by atoms with Crippen LogP contribution in [0.15, 0.2) is 90.6 Å². The number of aryl methyl sites for hydroxylation is 1. The van der Waals surface area contributed by atoms with Gasteiger partial charge in [-0.3, -0.25) is 4.57 Å². The summed E-state index contributed by atoms with van der Waals surface area (Å²) >= 11 is 0. The van der Waals surface area contributed by atoms with Gasteiger partial charge in [0.15, 0.2) is 0 Å². The number of hydrogen-bond acceptors (Lipinski definition) is 3. The van der Waals surface area contributed by atoms with E-state index in [1.165, 1.54) is 39.6 Å². The highest BCUT2D eigenvalue weighted by Crippen LogP contribution is 2.50. The van der Waals surface area contributed by atoms with Crippen molar-refractivity contribution in [3.8, 4) is 23.0 Å². The van der Waals surface area contributed by atoms with Crippen LogP contribution in [0, 0.1) is 43.4 Å². The number of aromatic nitrogens is 4. The van der Waals surface area contributed by atoms with E-state index in [0.29, 0.717) is 41.4 Å². The van der Waals surface area contributed by atoms with Gasteiger partial charge in [-0.2, -0.15) is 5.10 Å². The Morgan fingerprint density at radius 3 is 2.15 bits per heavy atom. The lowest BCUT2D eigenvalue weighted by Gasteiger charge is -2.41. The Kier molecular flexibility index (Phi) is 10.4. The van der Waals surface area contributed by atoms with Gasteiger partial charge in [-0.1, -0.05) is 106 Å². The van der Waals surface area contributed by atoms with E-state index in [-0.39, 0.29) is 5.41 Å². The average Bonchev–Trinajstić information content (AvgIpc) is 3.62. The molecule has 0 aliphatic heterocycles. The summed E-state index contributed by atoms with van der Waals surface area (Å²) in [4.78, 5) is 4.89. The fourth-order valence-electron chi connectivity index (χ4n) is 9.05. The lowest BCUT2D eigenvalue weighted by molar-refractivity contribution is 0.232. The van der Waals surface area contributed by atoms with E-state index in [9.17, 15) is 0 Å². The number of nitrogens with zero attached hydrogens (tertiary/aromatic N) is 4. The Morgan fingerprint density at radius 1 is 0.745 bits per heavy atom. The maximum atomic E-state index is 6.84. The highest BCUT2D eigenvalue weighted by Gasteiger charge is 2.39. The molecule has 7 rings (SSSR count). The SMILES string of the molecule is Cc1nn(-c2cc(Oc3ccc4c5ccccc5n(-c5cc(C(C)(C)C)ccn5)c4c3)cc(C(C)C)c2)c(C)c1[C@H]1C(C(C)C)=C[C@H](C(C)C)CC1C(C)C. The Morgan fingerprint density at radius 2 is 1.47 bits per heavy atom. The number of fused-ring (bicyclic) bond motifs is 3. The maximum absolute atomic E-state index is 6.84. The number of ether oxygens (including phenoxy) is 1. The summed E-state index contributed by atoms with van der Waals surface area (Å²) in [5.41, 5.74) is 11.1. The molecule has 3 heterocycles. The number of benzene rings is 3. The molecule has 1 aliphatic carbocycles. The van der Waals surface area contributed by atoms with Gasteiger partial charge in [0.25, 0.3) is 0 Å². The topological polar surface area (TPSA) is 44.9 Å². The zero-order valence-corrected chi connectivity index (χ0v) is 35.5. The van der Waals surface area contributed by atoms with Crippen molar-refractivity contribution in [3.63, 3.8) is 0 Å². The van der Waals surface area contributed by atoms with Gasteiger partial charge in [-0.25, -0.2) is 9.67 Å². The highest BCUT2D eigenvalue weighted by molar-refractivity contribution is 6.09. The van der Waals surface area contributed by atoms with Crippen LogP contribution in [0.1, 0.15) is 122 Å². The van der Waals surface area contributed by atoms with Crippen LogP contribution in [-0.4, -0.2) is 19.3 Å². The molecule has 55 heavy (non-hydrogen) atoms. The third-order valence-electron chi connectivity index (χ3n) is 12.3. The summed E-state index contributed by atoms with van der Waals surface area (Å²) in [5, 5.41) is 7.68. The summed E-state index contributed by atoms with van der Waals surface area (Å²) < 4.78 is 11.3. The van der Waals surface area contributed by atoms with Gasteiger partial charge in [0, 0.05) is 46.3 Å². The average molecular weight is 735 g/mol. The molecule has 0 bridgehead atoms. The van der Waals surface area contributed by atoms with Crippen LogP contribution >= 0.6 is 0 Å². The first-order valence-corrected chi connectivity index (χ1v) is 20.6. The molecule has 3 aromatic heterocycles. The summed E-state index contributed by atoms with van der Waals surface area (Å²) in [6.07, 6.45) is 5.79. The fraction of sp³-hybridized carbons (Fsp3) is 0.440. The van der Waals surface area contributed by atoms with E-state index in [0.717, 1.165) is 39.7 Å². The number of allylic oxidation sites excluding steroid dienone is 2. The number of hydrogen-bond donors (Lipinski definition) is 0. The van der Waals surface area contributed by atoms with Gasteiger partial charge in [-0.05, 0) is 115 Å². The van der Waals surface area contributed by atoms with Crippen LogP contribution < -0.4 is 4.74 Å². The molecule has 5 heteroatoms. The summed E-state index contributed by atoms with van der Waals surface area (Å²) in [5.74, 6) is 6.08. The molecule has 1 aliphatic rings. The number of para-hydroxylation sites is 1. The Labute approximate surface area is 329 Å². The lowest BCUT2D eigenvalue weighted by Crippen LogP contribution is -2.31. The molecule has 0 amide bonds. The predicted molar refractivity (Wildman–Crippen MR) is 231 cm³/mol. The highest BCUT2D eigenvalue weighted by atomic mass is 16.5. The Hall–Kier alpha value is -4.64. The zero-order chi connectivity index (χ0) is 39.5. The van der Waals surface area contributed by atoms with Crippen molar-refractivity contribution in [3.05, 3.63) is 119 Å². The largest absolute Gasteiger partial charge is 0.457 e. The molecular formula is C50H62N4O. The minimum Gasteiger partial charge on any atom is -0.457 e. The molecule has 0 spiro atoms. The van der Waals surface area contributed by atoms with Crippen LogP contribution in [0.3, 0.4) is 0 Å². The van der Waals surface area contributed by atoms with E-state index in [4.69, 9.17) is 14.8 Å². The smallest absolute Gasteiger partial charge is 0.137 e. The first kappa shape index (κ1) is 38.6. The third-order valence-corrected chi connectivity index (χ3v) is 12.3. The molecular weight excluding hydrogens is 673 g/mol. The van der Waals surface area contributed by atoms with Gasteiger partial charge >= 0.3 is 0 Å². The standard InChI is InChI=1S/C50H62N4O/c1-29(2)35-22-38(54-34(10)48(33(9)52-54)49-43(31(5)6)24-36(30(3)4)25-44(49)32(7)8)27-40(23-35)55-39-18-19-42-41-16-14-15-17-45(41)53(46(42)28-39)47-26-37(20-21-51-47)50(11,12)13/h14-24,26-32,36,44,49H,25H2,1-13H3/t36-,44?,49-/m0/s1. The first-order valence-electron chi connectivity index (χ1n) is 20.6. The van der Waals surface area contributed by atoms with E-state index in [1.54, 1.807) is 5.57 Å². The van der Waals surface area contributed by atoms with Crippen LogP contribution in [0.5, 0.6) is 11.5 Å². The van der Waals surface area contributed by atoms with Crippen LogP contribution in [-0.2, 0) is 5.41 Å². The molecule has 3 atom stereocenters. The van der Waals surface area contributed by atoms with Crippen molar-refractivity contribution < 1.29 is 4.74 Å². The number of rotatable bonds is 9. The van der Waals surface area contributed by atoms with Gasteiger partial charge < -0.3 is 4.74 Å². The fourth-order valence-corrected chi connectivity index (χ4v) is 9.05. The summed E-state index contributed by atoms with van der Waals surface area (Å²) in [7, 11) is 0. The molecule has 0 saturated heterocycles. The molecule has 288 valence electrons. The summed E-state index contributed by atoms with van der Waals surface area (Å²) in [6.45, 7) is 30.1. The maximum Gasteiger partial charge on any atom is 0.137 e. The van der Waals surface area contributed by atoms with Gasteiger partial charge in [0.1, 0.15) is 17.3 Å². The molecule has 0 fully saturated rings. The molecule has 0 N–H and O–H groups in total. The normalized spacial score (nSPS) is 18.1. The second kappa shape index (κ2) is 14.8. The molecule has 6 aromatic rings. The van der Waals surface area contributed by atoms with Gasteiger partial charge in [0.05, 0.1) is 22.4 Å². The zero-order valence-electron chi connectivity index (χ0n) is 35.5.